The number of Topliss-reactive ketones (excluding diaryl/α,β-unsaturated/α-hetero) is 1. The number of para-hydroxylation sites is 1. The lowest BCUT2D eigenvalue weighted by atomic mass is 10.1. The Morgan fingerprint density at radius 2 is 1.76 bits per heavy atom. The summed E-state index contributed by atoms with van der Waals surface area (Å²) in [6.45, 7) is -0.589. The standard InChI is InChI=1S/C17H15NO7/c1-23-11-7-8-16(24-2)13(9-11)15(19)10-25-17(20)12-5-3-4-6-14(12)18(21)22/h3-9H,10H2,1-2H3. The molecular formula is C17H15NO7. The fraction of sp³-hybridized carbons (Fsp3) is 0.176. The Bertz CT molecular complexity index is 816. The van der Waals surface area contributed by atoms with Crippen molar-refractivity contribution in [3.8, 4) is 11.5 Å². The maximum atomic E-state index is 12.3. The van der Waals surface area contributed by atoms with Gasteiger partial charge in [-0.25, -0.2) is 4.79 Å². The molecule has 0 aliphatic rings. The van der Waals surface area contributed by atoms with E-state index in [4.69, 9.17) is 14.2 Å². The molecule has 0 unspecified atom stereocenters. The summed E-state index contributed by atoms with van der Waals surface area (Å²) in [5.41, 5.74) is -0.436. The van der Waals surface area contributed by atoms with Gasteiger partial charge in [0.2, 0.25) is 5.78 Å². The van der Waals surface area contributed by atoms with E-state index in [2.05, 4.69) is 0 Å². The number of carbonyl (C=O) groups excluding carboxylic acids is 2. The van der Waals surface area contributed by atoms with Crippen LogP contribution in [-0.2, 0) is 4.74 Å². The number of nitrogens with zero attached hydrogens (tertiary/aromatic N) is 1. The van der Waals surface area contributed by atoms with Crippen molar-refractivity contribution in [1.29, 1.82) is 0 Å². The van der Waals surface area contributed by atoms with Gasteiger partial charge in [0.25, 0.3) is 5.69 Å². The average Bonchev–Trinajstić information content (AvgIpc) is 2.65. The molecule has 0 amide bonds. The first kappa shape index (κ1) is 17.9. The molecule has 25 heavy (non-hydrogen) atoms. The highest BCUT2D eigenvalue weighted by Crippen LogP contribution is 2.25. The number of hydrogen-bond donors (Lipinski definition) is 0. The molecule has 0 aliphatic carbocycles. The number of nitro groups is 1. The van der Waals surface area contributed by atoms with Crippen molar-refractivity contribution in [3.05, 3.63) is 63.7 Å². The van der Waals surface area contributed by atoms with Crippen molar-refractivity contribution in [2.75, 3.05) is 20.8 Å². The first-order valence-corrected chi connectivity index (χ1v) is 7.13. The zero-order valence-corrected chi connectivity index (χ0v) is 13.6. The first-order valence-electron chi connectivity index (χ1n) is 7.13. The Morgan fingerprint density at radius 3 is 2.40 bits per heavy atom. The van der Waals surface area contributed by atoms with E-state index in [1.807, 2.05) is 0 Å². The van der Waals surface area contributed by atoms with Gasteiger partial charge in [0, 0.05) is 6.07 Å². The van der Waals surface area contributed by atoms with Gasteiger partial charge < -0.3 is 14.2 Å². The van der Waals surface area contributed by atoms with Crippen LogP contribution in [0.2, 0.25) is 0 Å². The maximum Gasteiger partial charge on any atom is 0.345 e. The molecule has 0 N–H and O–H groups in total. The molecule has 0 radical (unpaired) electrons. The van der Waals surface area contributed by atoms with Crippen LogP contribution in [0.5, 0.6) is 11.5 Å². The van der Waals surface area contributed by atoms with Gasteiger partial charge in [-0.1, -0.05) is 12.1 Å². The zero-order chi connectivity index (χ0) is 18.4. The monoisotopic (exact) mass is 345 g/mol. The lowest BCUT2D eigenvalue weighted by Gasteiger charge is -2.10. The summed E-state index contributed by atoms with van der Waals surface area (Å²) in [6, 6.07) is 9.98. The number of hydrogen-bond acceptors (Lipinski definition) is 7. The van der Waals surface area contributed by atoms with Crippen molar-refractivity contribution in [1.82, 2.24) is 0 Å². The Morgan fingerprint density at radius 1 is 1.04 bits per heavy atom. The average molecular weight is 345 g/mol. The van der Waals surface area contributed by atoms with E-state index in [9.17, 15) is 19.7 Å². The predicted molar refractivity (Wildman–Crippen MR) is 87.3 cm³/mol. The van der Waals surface area contributed by atoms with Crippen LogP contribution in [0.1, 0.15) is 20.7 Å². The molecule has 0 heterocycles. The van der Waals surface area contributed by atoms with Gasteiger partial charge in [-0.05, 0) is 24.3 Å². The third-order valence-electron chi connectivity index (χ3n) is 3.36. The zero-order valence-electron chi connectivity index (χ0n) is 13.6. The molecule has 0 aromatic heterocycles. The van der Waals surface area contributed by atoms with Crippen molar-refractivity contribution in [2.45, 2.75) is 0 Å². The molecule has 0 aliphatic heterocycles. The van der Waals surface area contributed by atoms with Crippen LogP contribution < -0.4 is 9.47 Å². The summed E-state index contributed by atoms with van der Waals surface area (Å²) < 4.78 is 15.1. The van der Waals surface area contributed by atoms with E-state index in [-0.39, 0.29) is 16.8 Å². The summed E-state index contributed by atoms with van der Waals surface area (Å²) in [5, 5.41) is 10.9. The maximum absolute atomic E-state index is 12.3. The molecule has 8 nitrogen and oxygen atoms in total. The molecule has 0 saturated carbocycles. The Kier molecular flexibility index (Phi) is 5.67. The number of rotatable bonds is 7. The van der Waals surface area contributed by atoms with Gasteiger partial charge in [-0.2, -0.15) is 0 Å². The quantitative estimate of drug-likeness (QED) is 0.329. The van der Waals surface area contributed by atoms with Crippen LogP contribution in [0, 0.1) is 10.1 Å². The number of methoxy groups -OCH3 is 2. The molecule has 0 saturated heterocycles. The minimum Gasteiger partial charge on any atom is -0.497 e. The van der Waals surface area contributed by atoms with Crippen LogP contribution in [-0.4, -0.2) is 37.5 Å². The Hall–Kier alpha value is -3.42. The summed E-state index contributed by atoms with van der Waals surface area (Å²) in [7, 11) is 2.85. The van der Waals surface area contributed by atoms with Gasteiger partial charge in [-0.3, -0.25) is 14.9 Å². The van der Waals surface area contributed by atoms with Crippen LogP contribution >= 0.6 is 0 Å². The van der Waals surface area contributed by atoms with Gasteiger partial charge in [0.1, 0.15) is 17.1 Å². The van der Waals surface area contributed by atoms with E-state index < -0.39 is 23.3 Å². The van der Waals surface area contributed by atoms with Crippen molar-refractivity contribution in [3.63, 3.8) is 0 Å². The van der Waals surface area contributed by atoms with Gasteiger partial charge >= 0.3 is 5.97 Å². The Labute approximate surface area is 143 Å². The van der Waals surface area contributed by atoms with Crippen molar-refractivity contribution < 1.29 is 28.7 Å². The second kappa shape index (κ2) is 7.91. The van der Waals surface area contributed by atoms with Gasteiger partial charge in [0.15, 0.2) is 6.61 Å². The molecule has 130 valence electrons. The van der Waals surface area contributed by atoms with Crippen LogP contribution in [0.4, 0.5) is 5.69 Å². The summed E-state index contributed by atoms with van der Waals surface area (Å²) in [4.78, 5) is 34.6. The third-order valence-corrected chi connectivity index (χ3v) is 3.36. The van der Waals surface area contributed by atoms with E-state index >= 15 is 0 Å². The number of benzene rings is 2. The normalized spacial score (nSPS) is 10.0. The highest BCUT2D eigenvalue weighted by molar-refractivity contribution is 6.02. The number of carbonyl (C=O) groups is 2. The van der Waals surface area contributed by atoms with E-state index in [0.717, 1.165) is 0 Å². The minimum absolute atomic E-state index is 0.178. The van der Waals surface area contributed by atoms with Crippen LogP contribution in [0.3, 0.4) is 0 Å². The van der Waals surface area contributed by atoms with Crippen molar-refractivity contribution >= 4 is 17.4 Å². The number of ketones is 1. The molecule has 0 fully saturated rings. The lowest BCUT2D eigenvalue weighted by molar-refractivity contribution is -0.385. The second-order valence-electron chi connectivity index (χ2n) is 4.84. The van der Waals surface area contributed by atoms with Crippen LogP contribution in [0.15, 0.2) is 42.5 Å². The fourth-order valence-corrected chi connectivity index (χ4v) is 2.12. The summed E-state index contributed by atoms with van der Waals surface area (Å²) >= 11 is 0. The molecule has 8 heteroatoms. The molecule has 0 spiro atoms. The molecule has 2 aromatic carbocycles. The Balaban J connectivity index is 2.15. The SMILES string of the molecule is COc1ccc(OC)c(C(=O)COC(=O)c2ccccc2[N+](=O)[O-])c1. The van der Waals surface area contributed by atoms with E-state index in [1.54, 1.807) is 12.1 Å². The third kappa shape index (κ3) is 4.11. The predicted octanol–water partition coefficient (Wildman–Crippen LogP) is 2.65. The minimum atomic E-state index is -0.956. The topological polar surface area (TPSA) is 105 Å². The highest BCUT2D eigenvalue weighted by atomic mass is 16.6. The number of nitro benzene ring substituents is 1. The summed E-state index contributed by atoms with van der Waals surface area (Å²) in [5.74, 6) is -0.744. The molecule has 2 aromatic rings. The largest absolute Gasteiger partial charge is 0.497 e. The second-order valence-corrected chi connectivity index (χ2v) is 4.84. The lowest BCUT2D eigenvalue weighted by Crippen LogP contribution is -2.16. The fourth-order valence-electron chi connectivity index (χ4n) is 2.12. The molecule has 0 bridgehead atoms. The van der Waals surface area contributed by atoms with Crippen LogP contribution in [0.25, 0.3) is 0 Å². The van der Waals surface area contributed by atoms with Gasteiger partial charge in [0.05, 0.1) is 24.7 Å². The summed E-state index contributed by atoms with van der Waals surface area (Å²) in [6.07, 6.45) is 0. The molecular weight excluding hydrogens is 330 g/mol. The first-order chi connectivity index (χ1) is 12.0. The number of esters is 1. The molecule has 2 rings (SSSR count). The molecule has 0 atom stereocenters. The smallest absolute Gasteiger partial charge is 0.345 e. The highest BCUT2D eigenvalue weighted by Gasteiger charge is 2.22. The number of ether oxygens (including phenoxy) is 3. The van der Waals surface area contributed by atoms with E-state index in [1.165, 1.54) is 44.6 Å². The van der Waals surface area contributed by atoms with Crippen molar-refractivity contribution in [2.24, 2.45) is 0 Å². The van der Waals surface area contributed by atoms with E-state index in [0.29, 0.717) is 11.5 Å². The van der Waals surface area contributed by atoms with Gasteiger partial charge in [-0.15, -0.1) is 0 Å².